The topological polar surface area (TPSA) is 68.3 Å². The van der Waals surface area contributed by atoms with Crippen molar-refractivity contribution in [2.75, 3.05) is 0 Å². The van der Waals surface area contributed by atoms with E-state index in [1.807, 2.05) is 13.0 Å². The standard InChI is InChI=1S/C46H62O4/c1-4-31-23-32(5-2)25-33(24-31)26-41(47)29-46(3,45(50)38-21-15-35(16-22-38)34-11-7-6-8-12-34)30-44(49)37-19-17-36(18-20-37)42-27-39-13-9-10-14-40(39)28-43(42)48/h9-10,13-14,23-25,34-38,42H,4-8,11-12,15-22,26-30H2,1-3H3. The number of hydrogen-bond acceptors (Lipinski definition) is 4. The molecule has 270 valence electrons. The van der Waals surface area contributed by atoms with Crippen molar-refractivity contribution in [1.29, 1.82) is 0 Å². The normalized spacial score (nSPS) is 27.3. The molecular formula is C46H62O4. The second-order valence-corrected chi connectivity index (χ2v) is 17.2. The largest absolute Gasteiger partial charge is 0.299 e. The molecule has 0 spiro atoms. The van der Waals surface area contributed by atoms with Crippen LogP contribution < -0.4 is 0 Å². The first kappa shape index (κ1) is 36.9. The molecule has 0 radical (unpaired) electrons. The highest BCUT2D eigenvalue weighted by Crippen LogP contribution is 2.45. The van der Waals surface area contributed by atoms with Crippen molar-refractivity contribution in [2.45, 2.75) is 149 Å². The van der Waals surface area contributed by atoms with Crippen LogP contribution in [0.1, 0.15) is 145 Å². The maximum atomic E-state index is 14.6. The maximum absolute atomic E-state index is 14.6. The average molecular weight is 679 g/mol. The Morgan fingerprint density at radius 2 is 1.22 bits per heavy atom. The molecule has 3 fully saturated rings. The molecule has 6 rings (SSSR count). The third-order valence-electron chi connectivity index (χ3n) is 13.7. The lowest BCUT2D eigenvalue weighted by atomic mass is 9.64. The van der Waals surface area contributed by atoms with Gasteiger partial charge in [-0.05, 0) is 116 Å². The summed E-state index contributed by atoms with van der Waals surface area (Å²) in [5.41, 5.74) is 5.01. The van der Waals surface area contributed by atoms with Crippen molar-refractivity contribution in [2.24, 2.45) is 40.9 Å². The van der Waals surface area contributed by atoms with Crippen LogP contribution >= 0.6 is 0 Å². The molecule has 50 heavy (non-hydrogen) atoms. The van der Waals surface area contributed by atoms with Crippen LogP contribution in [0.3, 0.4) is 0 Å². The van der Waals surface area contributed by atoms with Gasteiger partial charge in [0.05, 0.1) is 0 Å². The van der Waals surface area contributed by atoms with E-state index in [1.54, 1.807) is 0 Å². The Morgan fingerprint density at radius 3 is 1.86 bits per heavy atom. The van der Waals surface area contributed by atoms with Crippen LogP contribution in [0.5, 0.6) is 0 Å². The fourth-order valence-electron chi connectivity index (χ4n) is 10.7. The number of benzene rings is 2. The van der Waals surface area contributed by atoms with Gasteiger partial charge in [0.1, 0.15) is 23.1 Å². The summed E-state index contributed by atoms with van der Waals surface area (Å²) in [6, 6.07) is 14.8. The Morgan fingerprint density at radius 1 is 0.660 bits per heavy atom. The molecule has 0 bridgehead atoms. The number of aryl methyl sites for hydroxylation is 2. The molecule has 0 heterocycles. The summed E-state index contributed by atoms with van der Waals surface area (Å²) in [6.45, 7) is 6.23. The van der Waals surface area contributed by atoms with E-state index in [4.69, 9.17) is 0 Å². The van der Waals surface area contributed by atoms with E-state index in [2.05, 4.69) is 50.2 Å². The van der Waals surface area contributed by atoms with Gasteiger partial charge in [-0.25, -0.2) is 0 Å². The van der Waals surface area contributed by atoms with E-state index in [1.165, 1.54) is 54.4 Å². The van der Waals surface area contributed by atoms with Crippen molar-refractivity contribution in [3.63, 3.8) is 0 Å². The van der Waals surface area contributed by atoms with Gasteiger partial charge >= 0.3 is 0 Å². The lowest BCUT2D eigenvalue weighted by molar-refractivity contribution is -0.142. The third kappa shape index (κ3) is 8.76. The first-order valence-electron chi connectivity index (χ1n) is 20.5. The smallest absolute Gasteiger partial charge is 0.142 e. The van der Waals surface area contributed by atoms with E-state index >= 15 is 0 Å². The summed E-state index contributed by atoms with van der Waals surface area (Å²) in [5, 5.41) is 0. The number of ketones is 4. The molecule has 4 nitrogen and oxygen atoms in total. The van der Waals surface area contributed by atoms with Gasteiger partial charge in [0.15, 0.2) is 0 Å². The van der Waals surface area contributed by atoms with Crippen LogP contribution in [0.2, 0.25) is 0 Å². The maximum Gasteiger partial charge on any atom is 0.142 e. The molecule has 0 saturated heterocycles. The third-order valence-corrected chi connectivity index (χ3v) is 13.7. The molecule has 0 aliphatic heterocycles. The number of fused-ring (bicyclic) bond motifs is 1. The predicted molar refractivity (Wildman–Crippen MR) is 201 cm³/mol. The van der Waals surface area contributed by atoms with Crippen LogP contribution in [0.4, 0.5) is 0 Å². The summed E-state index contributed by atoms with van der Waals surface area (Å²) in [4.78, 5) is 55.7. The van der Waals surface area contributed by atoms with Gasteiger partial charge in [-0.2, -0.15) is 0 Å². The van der Waals surface area contributed by atoms with Crippen molar-refractivity contribution >= 4 is 23.1 Å². The van der Waals surface area contributed by atoms with Crippen LogP contribution in [0.25, 0.3) is 0 Å². The molecule has 2 atom stereocenters. The average Bonchev–Trinajstić information content (AvgIpc) is 3.14. The molecular weight excluding hydrogens is 617 g/mol. The zero-order chi connectivity index (χ0) is 35.3. The number of rotatable bonds is 13. The monoisotopic (exact) mass is 678 g/mol. The van der Waals surface area contributed by atoms with E-state index in [0.717, 1.165) is 88.0 Å². The van der Waals surface area contributed by atoms with Gasteiger partial charge in [-0.1, -0.05) is 95.3 Å². The number of hydrogen-bond donors (Lipinski definition) is 0. The quantitative estimate of drug-likeness (QED) is 0.212. The van der Waals surface area contributed by atoms with E-state index < -0.39 is 5.41 Å². The number of carbonyl (C=O) groups excluding carboxylic acids is 4. The summed E-state index contributed by atoms with van der Waals surface area (Å²) in [5.74, 6) is 2.52. The Labute approximate surface area is 302 Å². The van der Waals surface area contributed by atoms with Crippen molar-refractivity contribution in [3.05, 3.63) is 70.3 Å². The molecule has 4 aliphatic rings. The van der Waals surface area contributed by atoms with E-state index in [0.29, 0.717) is 24.5 Å². The fraction of sp³-hybridized carbons (Fsp3) is 0.652. The lowest BCUT2D eigenvalue weighted by Gasteiger charge is -2.39. The SMILES string of the molecule is CCc1cc(CC)cc(CC(=O)CC(C)(CC(=O)C2CCC(C3Cc4ccccc4CC3=O)CC2)C(=O)C2CCC(C3CCCCC3)CC2)c1. The van der Waals surface area contributed by atoms with Crippen molar-refractivity contribution in [3.8, 4) is 0 Å². The minimum atomic E-state index is -0.966. The Hall–Kier alpha value is -2.88. The molecule has 2 aromatic rings. The minimum absolute atomic E-state index is 0.0496. The van der Waals surface area contributed by atoms with Crippen LogP contribution in [-0.4, -0.2) is 23.1 Å². The van der Waals surface area contributed by atoms with Crippen molar-refractivity contribution < 1.29 is 19.2 Å². The second kappa shape index (κ2) is 16.6. The van der Waals surface area contributed by atoms with E-state index in [9.17, 15) is 19.2 Å². The van der Waals surface area contributed by atoms with Gasteiger partial charge in [-0.15, -0.1) is 0 Å². The molecule has 2 unspecified atom stereocenters. The lowest BCUT2D eigenvalue weighted by Crippen LogP contribution is -2.41. The highest BCUT2D eigenvalue weighted by atomic mass is 16.1. The van der Waals surface area contributed by atoms with E-state index in [-0.39, 0.29) is 47.9 Å². The molecule has 4 aliphatic carbocycles. The Bertz CT molecular complexity index is 1490. The Balaban J connectivity index is 1.12. The zero-order valence-corrected chi connectivity index (χ0v) is 31.3. The molecule has 0 aromatic heterocycles. The minimum Gasteiger partial charge on any atom is -0.299 e. The Kier molecular flexibility index (Phi) is 12.3. The summed E-state index contributed by atoms with van der Waals surface area (Å²) < 4.78 is 0. The van der Waals surface area contributed by atoms with Gasteiger partial charge in [0, 0.05) is 48.9 Å². The predicted octanol–water partition coefficient (Wildman–Crippen LogP) is 10.0. The summed E-state index contributed by atoms with van der Waals surface area (Å²) in [6.07, 6.45) is 17.9. The second-order valence-electron chi connectivity index (χ2n) is 17.2. The molecule has 2 aromatic carbocycles. The van der Waals surface area contributed by atoms with Crippen LogP contribution in [0, 0.1) is 40.9 Å². The first-order valence-corrected chi connectivity index (χ1v) is 20.5. The highest BCUT2D eigenvalue weighted by molar-refractivity contribution is 5.97. The first-order chi connectivity index (χ1) is 24.2. The highest BCUT2D eigenvalue weighted by Gasteiger charge is 2.44. The van der Waals surface area contributed by atoms with Gasteiger partial charge in [0.25, 0.3) is 0 Å². The van der Waals surface area contributed by atoms with Crippen molar-refractivity contribution in [1.82, 2.24) is 0 Å². The molecule has 4 heteroatoms. The van der Waals surface area contributed by atoms with Gasteiger partial charge < -0.3 is 0 Å². The molecule has 0 N–H and O–H groups in total. The van der Waals surface area contributed by atoms with Gasteiger partial charge in [0.2, 0.25) is 0 Å². The number of carbonyl (C=O) groups is 4. The van der Waals surface area contributed by atoms with Crippen LogP contribution in [0.15, 0.2) is 42.5 Å². The fourth-order valence-corrected chi connectivity index (χ4v) is 10.7. The van der Waals surface area contributed by atoms with Gasteiger partial charge in [-0.3, -0.25) is 19.2 Å². The number of Topliss-reactive ketones (excluding diaryl/α,β-unsaturated/α-hetero) is 4. The summed E-state index contributed by atoms with van der Waals surface area (Å²) in [7, 11) is 0. The molecule has 0 amide bonds. The molecule has 3 saturated carbocycles. The zero-order valence-electron chi connectivity index (χ0n) is 31.3. The summed E-state index contributed by atoms with van der Waals surface area (Å²) >= 11 is 0. The van der Waals surface area contributed by atoms with Crippen LogP contribution in [-0.2, 0) is 51.3 Å².